The van der Waals surface area contributed by atoms with Gasteiger partial charge >= 0.3 is 0 Å². The largest absolute Gasteiger partial charge is 0.396 e. The van der Waals surface area contributed by atoms with Crippen LogP contribution in [0.5, 0.6) is 0 Å². The lowest BCUT2D eigenvalue weighted by molar-refractivity contribution is -0.116. The number of hydrogen-bond donors (Lipinski definition) is 2. The number of nitrogens with two attached hydrogens (primary N) is 1. The molecule has 0 radical (unpaired) electrons. The summed E-state index contributed by atoms with van der Waals surface area (Å²) in [5, 5.41) is 2.75. The fourth-order valence-corrected chi connectivity index (χ4v) is 3.05. The molecular weight excluding hydrogens is 277 g/mol. The number of benzene rings is 1. The second-order valence-electron chi connectivity index (χ2n) is 4.84. The molecule has 2 rings (SSSR count). The van der Waals surface area contributed by atoms with Crippen LogP contribution in [0.2, 0.25) is 0 Å². The Balaban J connectivity index is 1.78. The zero-order valence-electron chi connectivity index (χ0n) is 11.4. The Morgan fingerprint density at radius 3 is 3.05 bits per heavy atom. The minimum Gasteiger partial charge on any atom is -0.396 e. The molecule has 20 heavy (non-hydrogen) atoms. The van der Waals surface area contributed by atoms with Crippen LogP contribution < -0.4 is 11.1 Å². The molecule has 0 saturated carbocycles. The summed E-state index contributed by atoms with van der Waals surface area (Å²) in [4.78, 5) is 14.2. The van der Waals surface area contributed by atoms with Crippen molar-refractivity contribution < 1.29 is 9.18 Å². The molecule has 0 aliphatic carbocycles. The monoisotopic (exact) mass is 297 g/mol. The molecule has 1 aromatic rings. The SMILES string of the molecule is Nc1cc(NC(=O)CCN2CCCSCC2)ccc1F. The number of carbonyl (C=O) groups is 1. The summed E-state index contributed by atoms with van der Waals surface area (Å²) >= 11 is 1.97. The van der Waals surface area contributed by atoms with Crippen molar-refractivity contribution in [3.8, 4) is 0 Å². The van der Waals surface area contributed by atoms with Crippen molar-refractivity contribution in [3.05, 3.63) is 24.0 Å². The summed E-state index contributed by atoms with van der Waals surface area (Å²) in [6, 6.07) is 4.22. The van der Waals surface area contributed by atoms with Gasteiger partial charge in [-0.05, 0) is 36.9 Å². The second kappa shape index (κ2) is 7.50. The lowest BCUT2D eigenvalue weighted by Gasteiger charge is -2.18. The van der Waals surface area contributed by atoms with E-state index in [0.717, 1.165) is 25.4 Å². The second-order valence-corrected chi connectivity index (χ2v) is 6.07. The summed E-state index contributed by atoms with van der Waals surface area (Å²) in [5.74, 6) is 1.81. The Hall–Kier alpha value is -1.27. The third kappa shape index (κ3) is 4.68. The van der Waals surface area contributed by atoms with Crippen LogP contribution in [-0.2, 0) is 4.79 Å². The average Bonchev–Trinajstić information content (AvgIpc) is 2.69. The van der Waals surface area contributed by atoms with Crippen molar-refractivity contribution in [2.45, 2.75) is 12.8 Å². The van der Waals surface area contributed by atoms with Crippen LogP contribution in [0.3, 0.4) is 0 Å². The van der Waals surface area contributed by atoms with Crippen LogP contribution in [0.25, 0.3) is 0 Å². The molecule has 1 aliphatic heterocycles. The predicted octanol–water partition coefficient (Wildman–Crippen LogP) is 2.18. The molecule has 0 atom stereocenters. The molecule has 1 amide bonds. The fourth-order valence-electron chi connectivity index (χ4n) is 2.13. The van der Waals surface area contributed by atoms with Crippen LogP contribution >= 0.6 is 11.8 Å². The highest BCUT2D eigenvalue weighted by molar-refractivity contribution is 7.99. The van der Waals surface area contributed by atoms with E-state index in [1.807, 2.05) is 11.8 Å². The Morgan fingerprint density at radius 2 is 2.25 bits per heavy atom. The molecule has 0 unspecified atom stereocenters. The lowest BCUT2D eigenvalue weighted by Crippen LogP contribution is -2.29. The zero-order valence-corrected chi connectivity index (χ0v) is 12.2. The van der Waals surface area contributed by atoms with E-state index in [0.29, 0.717) is 12.1 Å². The third-order valence-corrected chi connectivity index (χ3v) is 4.30. The van der Waals surface area contributed by atoms with Gasteiger partial charge in [-0.25, -0.2) is 4.39 Å². The number of halogens is 1. The first-order chi connectivity index (χ1) is 9.65. The molecule has 4 nitrogen and oxygen atoms in total. The van der Waals surface area contributed by atoms with Crippen molar-refractivity contribution in [3.63, 3.8) is 0 Å². The van der Waals surface area contributed by atoms with E-state index < -0.39 is 5.82 Å². The molecule has 1 saturated heterocycles. The summed E-state index contributed by atoms with van der Waals surface area (Å²) in [5.41, 5.74) is 6.06. The van der Waals surface area contributed by atoms with Gasteiger partial charge in [0.25, 0.3) is 0 Å². The highest BCUT2D eigenvalue weighted by atomic mass is 32.2. The van der Waals surface area contributed by atoms with Gasteiger partial charge in [0.2, 0.25) is 5.91 Å². The summed E-state index contributed by atoms with van der Waals surface area (Å²) in [6.07, 6.45) is 1.63. The van der Waals surface area contributed by atoms with E-state index in [4.69, 9.17) is 5.73 Å². The molecule has 0 aromatic heterocycles. The number of thioether (sulfide) groups is 1. The number of carbonyl (C=O) groups excluding carboxylic acids is 1. The van der Waals surface area contributed by atoms with Crippen molar-refractivity contribution in [2.24, 2.45) is 0 Å². The number of anilines is 2. The quantitative estimate of drug-likeness (QED) is 0.836. The van der Waals surface area contributed by atoms with Gasteiger partial charge in [0, 0.05) is 31.0 Å². The van der Waals surface area contributed by atoms with Crippen LogP contribution in [0, 0.1) is 5.82 Å². The first-order valence-corrected chi connectivity index (χ1v) is 7.95. The molecule has 0 bridgehead atoms. The molecule has 6 heteroatoms. The van der Waals surface area contributed by atoms with Gasteiger partial charge in [-0.2, -0.15) is 11.8 Å². The van der Waals surface area contributed by atoms with Gasteiger partial charge in [0.15, 0.2) is 0 Å². The van der Waals surface area contributed by atoms with Gasteiger partial charge in [0.05, 0.1) is 5.69 Å². The number of rotatable bonds is 4. The molecule has 110 valence electrons. The maximum atomic E-state index is 13.0. The number of nitrogens with one attached hydrogen (secondary N) is 1. The van der Waals surface area contributed by atoms with E-state index >= 15 is 0 Å². The van der Waals surface area contributed by atoms with Gasteiger partial charge in [-0.15, -0.1) is 0 Å². The van der Waals surface area contributed by atoms with Crippen molar-refractivity contribution in [1.29, 1.82) is 0 Å². The minimum atomic E-state index is -0.468. The standard InChI is InChI=1S/C14H20FN3OS/c15-12-3-2-11(10-13(12)16)17-14(19)4-6-18-5-1-8-20-9-7-18/h2-3,10H,1,4-9,16H2,(H,17,19). The Labute approximate surface area is 122 Å². The zero-order chi connectivity index (χ0) is 14.4. The number of hydrogen-bond acceptors (Lipinski definition) is 4. The number of nitrogen functional groups attached to an aromatic ring is 1. The number of nitrogens with zero attached hydrogens (tertiary/aromatic N) is 1. The van der Waals surface area contributed by atoms with Gasteiger partial charge in [-0.1, -0.05) is 0 Å². The normalized spacial score (nSPS) is 16.6. The molecule has 3 N–H and O–H groups in total. The van der Waals surface area contributed by atoms with Gasteiger partial charge < -0.3 is 16.0 Å². The van der Waals surface area contributed by atoms with E-state index in [9.17, 15) is 9.18 Å². The highest BCUT2D eigenvalue weighted by Gasteiger charge is 2.11. The lowest BCUT2D eigenvalue weighted by atomic mass is 10.2. The molecular formula is C14H20FN3OS. The van der Waals surface area contributed by atoms with Crippen LogP contribution in [0.15, 0.2) is 18.2 Å². The highest BCUT2D eigenvalue weighted by Crippen LogP contribution is 2.16. The first kappa shape index (κ1) is 15.1. The first-order valence-electron chi connectivity index (χ1n) is 6.80. The van der Waals surface area contributed by atoms with Crippen LogP contribution in [0.1, 0.15) is 12.8 Å². The smallest absolute Gasteiger partial charge is 0.225 e. The van der Waals surface area contributed by atoms with Crippen molar-refractivity contribution in [2.75, 3.05) is 42.2 Å². The Kier molecular flexibility index (Phi) is 5.67. The topological polar surface area (TPSA) is 58.4 Å². The molecule has 0 spiro atoms. The van der Waals surface area contributed by atoms with Crippen LogP contribution in [0.4, 0.5) is 15.8 Å². The summed E-state index contributed by atoms with van der Waals surface area (Å²) in [7, 11) is 0. The molecule has 1 fully saturated rings. The Morgan fingerprint density at radius 1 is 1.40 bits per heavy atom. The summed E-state index contributed by atoms with van der Waals surface area (Å²) in [6.45, 7) is 2.87. The van der Waals surface area contributed by atoms with E-state index in [-0.39, 0.29) is 11.6 Å². The summed E-state index contributed by atoms with van der Waals surface area (Å²) < 4.78 is 13.0. The van der Waals surface area contributed by atoms with E-state index in [1.54, 1.807) is 0 Å². The van der Waals surface area contributed by atoms with Gasteiger partial charge in [-0.3, -0.25) is 4.79 Å². The van der Waals surface area contributed by atoms with E-state index in [2.05, 4.69) is 10.2 Å². The number of amides is 1. The van der Waals surface area contributed by atoms with Gasteiger partial charge in [0.1, 0.15) is 5.82 Å². The average molecular weight is 297 g/mol. The predicted molar refractivity (Wildman–Crippen MR) is 82.4 cm³/mol. The molecule has 1 aliphatic rings. The maximum Gasteiger partial charge on any atom is 0.225 e. The van der Waals surface area contributed by atoms with Crippen LogP contribution in [-0.4, -0.2) is 41.9 Å². The maximum absolute atomic E-state index is 13.0. The van der Waals surface area contributed by atoms with Crippen molar-refractivity contribution >= 4 is 29.0 Å². The minimum absolute atomic E-state index is 0.0485. The molecule has 1 heterocycles. The van der Waals surface area contributed by atoms with E-state index in [1.165, 1.54) is 30.4 Å². The molecule has 1 aromatic carbocycles. The fraction of sp³-hybridized carbons (Fsp3) is 0.500. The van der Waals surface area contributed by atoms with Crippen molar-refractivity contribution in [1.82, 2.24) is 4.90 Å². The Bertz CT molecular complexity index is 462. The third-order valence-electron chi connectivity index (χ3n) is 3.25.